The summed E-state index contributed by atoms with van der Waals surface area (Å²) < 4.78 is 72.6. The van der Waals surface area contributed by atoms with Crippen LogP contribution in [0.4, 0.5) is 28.2 Å². The Morgan fingerprint density at radius 2 is 1.90 bits per heavy atom. The number of ether oxygens (including phenoxy) is 2. The molecule has 0 spiro atoms. The van der Waals surface area contributed by atoms with Gasteiger partial charge < -0.3 is 19.3 Å². The van der Waals surface area contributed by atoms with E-state index in [1.54, 1.807) is 17.0 Å². The maximum absolute atomic E-state index is 16.8. The number of carbonyl (C=O) groups is 1. The second-order valence-electron chi connectivity index (χ2n) is 14.5. The Morgan fingerprint density at radius 1 is 1.10 bits per heavy atom. The summed E-state index contributed by atoms with van der Waals surface area (Å²) in [4.78, 5) is 32.3. The van der Waals surface area contributed by atoms with Crippen molar-refractivity contribution in [2.45, 2.75) is 82.8 Å². The van der Waals surface area contributed by atoms with Crippen LogP contribution in [0.15, 0.2) is 36.5 Å². The van der Waals surface area contributed by atoms with Crippen molar-refractivity contribution in [2.75, 3.05) is 38.2 Å². The summed E-state index contributed by atoms with van der Waals surface area (Å²) in [6.45, 7) is 9.05. The Labute approximate surface area is 282 Å². The topological polar surface area (TPSA) is 83.9 Å². The minimum Gasteiger partial charge on any atom is -0.461 e. The fraction of sp³-hybridized carbons (Fsp3) is 0.500. The molecule has 49 heavy (non-hydrogen) atoms. The fourth-order valence-corrected chi connectivity index (χ4v) is 7.87. The largest absolute Gasteiger partial charge is 0.461 e. The Balaban J connectivity index is 1.31. The number of benzene rings is 2. The normalized spacial score (nSPS) is 24.2. The molecule has 4 aromatic rings. The Kier molecular flexibility index (Phi) is 8.32. The highest BCUT2D eigenvalue weighted by Crippen LogP contribution is 2.41. The van der Waals surface area contributed by atoms with E-state index in [1.807, 2.05) is 39.6 Å². The lowest BCUT2D eigenvalue weighted by Gasteiger charge is -2.33. The van der Waals surface area contributed by atoms with E-state index in [1.165, 1.54) is 18.3 Å². The summed E-state index contributed by atoms with van der Waals surface area (Å²) in [5, 5.41) is 0.564. The number of halogens is 4. The van der Waals surface area contributed by atoms with E-state index < -0.39 is 40.9 Å². The molecule has 5 heterocycles. The second-order valence-corrected chi connectivity index (χ2v) is 14.5. The number of aromatic nitrogens is 3. The molecule has 260 valence electrons. The lowest BCUT2D eigenvalue weighted by molar-refractivity contribution is 0.0233. The molecule has 0 aliphatic carbocycles. The number of hydrogen-bond donors (Lipinski definition) is 0. The highest BCUT2D eigenvalue weighted by molar-refractivity contribution is 5.99. The molecule has 2 aromatic heterocycles. The summed E-state index contributed by atoms with van der Waals surface area (Å²) in [6.07, 6.45) is 2.64. The van der Waals surface area contributed by atoms with Gasteiger partial charge in [-0.25, -0.2) is 22.4 Å². The minimum atomic E-state index is -1.10. The smallest absolute Gasteiger partial charge is 0.410 e. The number of hydrogen-bond acceptors (Lipinski definition) is 8. The number of likely N-dealkylation sites (N-methyl/N-ethyl adjacent to an activating group) is 1. The maximum atomic E-state index is 16.8. The number of alkyl halides is 1. The number of pyridine rings is 1. The van der Waals surface area contributed by atoms with Crippen molar-refractivity contribution in [3.63, 3.8) is 0 Å². The van der Waals surface area contributed by atoms with Crippen LogP contribution in [0.3, 0.4) is 0 Å². The molecular weight excluding hydrogens is 640 g/mol. The number of nitrogens with zero attached hydrogens (tertiary/aromatic N) is 6. The van der Waals surface area contributed by atoms with Gasteiger partial charge in [0.05, 0.1) is 23.0 Å². The standard InChI is InChI=1S/C36H40F4N6O3/c1-20-26(12-15-46(20)34(47)49-35(2,3)4)44(5)32-24-17-41-30(23-9-6-8-21-10-11-25(38)28(39)27(21)23)29(40)31(24)42-33(43-32)48-19-36-13-7-14-45(36)18-22(37)16-36/h6,8-11,17,20,22,26H,7,12-16,18-19H2,1-5H3/t20-,22+,26-,36-/m0/s1. The molecule has 4 atom stereocenters. The zero-order valence-corrected chi connectivity index (χ0v) is 28.3. The first kappa shape index (κ1) is 33.2. The number of likely N-dealkylation sites (tertiary alicyclic amines) is 1. The van der Waals surface area contributed by atoms with Crippen LogP contribution in [0.5, 0.6) is 6.01 Å². The summed E-state index contributed by atoms with van der Waals surface area (Å²) in [5.41, 5.74) is -1.41. The van der Waals surface area contributed by atoms with Crippen molar-refractivity contribution >= 4 is 33.6 Å². The van der Waals surface area contributed by atoms with Gasteiger partial charge in [0.25, 0.3) is 0 Å². The molecule has 0 N–H and O–H groups in total. The number of fused-ring (bicyclic) bond motifs is 3. The summed E-state index contributed by atoms with van der Waals surface area (Å²) in [7, 11) is 1.81. The molecule has 13 heteroatoms. The third-order valence-electron chi connectivity index (χ3n) is 10.2. The van der Waals surface area contributed by atoms with Gasteiger partial charge >= 0.3 is 12.1 Å². The summed E-state index contributed by atoms with van der Waals surface area (Å²) in [5.74, 6) is -2.69. The molecule has 9 nitrogen and oxygen atoms in total. The van der Waals surface area contributed by atoms with Crippen LogP contribution in [0.25, 0.3) is 32.9 Å². The van der Waals surface area contributed by atoms with Gasteiger partial charge in [0, 0.05) is 43.7 Å². The number of amides is 1. The van der Waals surface area contributed by atoms with E-state index >= 15 is 8.78 Å². The number of carbonyl (C=O) groups excluding carboxylic acids is 1. The Hall–Kier alpha value is -4.26. The first-order valence-electron chi connectivity index (χ1n) is 16.7. The first-order chi connectivity index (χ1) is 23.3. The highest BCUT2D eigenvalue weighted by Gasteiger charge is 2.49. The second kappa shape index (κ2) is 12.3. The number of rotatable bonds is 6. The van der Waals surface area contributed by atoms with Gasteiger partial charge in [-0.3, -0.25) is 9.88 Å². The van der Waals surface area contributed by atoms with Crippen molar-refractivity contribution in [3.05, 3.63) is 54.0 Å². The number of anilines is 1. The van der Waals surface area contributed by atoms with Crippen LogP contribution in [0.1, 0.15) is 53.4 Å². The zero-order chi connectivity index (χ0) is 34.8. The lowest BCUT2D eigenvalue weighted by atomic mass is 9.95. The maximum Gasteiger partial charge on any atom is 0.410 e. The monoisotopic (exact) mass is 680 g/mol. The van der Waals surface area contributed by atoms with Gasteiger partial charge in [0.2, 0.25) is 0 Å². The molecule has 3 aliphatic heterocycles. The lowest BCUT2D eigenvalue weighted by Crippen LogP contribution is -2.45. The fourth-order valence-electron chi connectivity index (χ4n) is 7.87. The molecule has 2 aromatic carbocycles. The average molecular weight is 681 g/mol. The van der Waals surface area contributed by atoms with E-state index in [-0.39, 0.29) is 52.2 Å². The van der Waals surface area contributed by atoms with Crippen LogP contribution in [0, 0.1) is 17.5 Å². The molecule has 0 bridgehead atoms. The average Bonchev–Trinajstić information content (AvgIpc) is 3.72. The van der Waals surface area contributed by atoms with Crippen molar-refractivity contribution < 1.29 is 31.8 Å². The van der Waals surface area contributed by atoms with Gasteiger partial charge in [-0.2, -0.15) is 9.97 Å². The molecule has 0 saturated carbocycles. The van der Waals surface area contributed by atoms with E-state index in [9.17, 15) is 13.6 Å². The zero-order valence-electron chi connectivity index (χ0n) is 28.3. The van der Waals surface area contributed by atoms with Gasteiger partial charge in [-0.1, -0.05) is 24.3 Å². The minimum absolute atomic E-state index is 0.0720. The molecule has 3 fully saturated rings. The van der Waals surface area contributed by atoms with Gasteiger partial charge in [-0.15, -0.1) is 0 Å². The van der Waals surface area contributed by atoms with Crippen molar-refractivity contribution in [1.29, 1.82) is 0 Å². The molecule has 7 rings (SSSR count). The SMILES string of the molecule is C[C@H]1[C@@H](N(C)c2nc(OC[C@@]34CCCN3C[C@H](F)C4)nc3c(F)c(-c4cccc5ccc(F)c(F)c45)ncc23)CCN1C(=O)OC(C)(C)C. The van der Waals surface area contributed by atoms with Crippen LogP contribution in [-0.2, 0) is 4.74 Å². The van der Waals surface area contributed by atoms with Crippen molar-refractivity contribution in [2.24, 2.45) is 0 Å². The molecule has 3 aliphatic rings. The predicted octanol–water partition coefficient (Wildman–Crippen LogP) is 7.05. The van der Waals surface area contributed by atoms with Crippen LogP contribution in [0.2, 0.25) is 0 Å². The van der Waals surface area contributed by atoms with Gasteiger partial charge in [0.1, 0.15) is 35.4 Å². The third kappa shape index (κ3) is 5.89. The van der Waals surface area contributed by atoms with Crippen molar-refractivity contribution in [1.82, 2.24) is 24.8 Å². The van der Waals surface area contributed by atoms with E-state index in [0.717, 1.165) is 25.5 Å². The highest BCUT2D eigenvalue weighted by atomic mass is 19.2. The first-order valence-corrected chi connectivity index (χ1v) is 16.7. The summed E-state index contributed by atoms with van der Waals surface area (Å²) >= 11 is 0. The third-order valence-corrected chi connectivity index (χ3v) is 10.2. The van der Waals surface area contributed by atoms with Crippen LogP contribution >= 0.6 is 0 Å². The quantitative estimate of drug-likeness (QED) is 0.201. The summed E-state index contributed by atoms with van der Waals surface area (Å²) in [6, 6.07) is 6.56. The molecule has 0 unspecified atom stereocenters. The Morgan fingerprint density at radius 3 is 2.67 bits per heavy atom. The van der Waals surface area contributed by atoms with E-state index in [2.05, 4.69) is 14.9 Å². The molecule has 3 saturated heterocycles. The van der Waals surface area contributed by atoms with Gasteiger partial charge in [-0.05, 0) is 65.0 Å². The van der Waals surface area contributed by atoms with Crippen molar-refractivity contribution in [3.8, 4) is 17.3 Å². The Bertz CT molecular complexity index is 1940. The van der Waals surface area contributed by atoms with Crippen LogP contribution in [-0.4, -0.2) is 93.5 Å². The van der Waals surface area contributed by atoms with Crippen LogP contribution < -0.4 is 9.64 Å². The molecule has 1 amide bonds. The molecular formula is C36H40F4N6O3. The van der Waals surface area contributed by atoms with Gasteiger partial charge in [0.15, 0.2) is 17.5 Å². The predicted molar refractivity (Wildman–Crippen MR) is 178 cm³/mol. The van der Waals surface area contributed by atoms with E-state index in [4.69, 9.17) is 14.5 Å². The molecule has 0 radical (unpaired) electrons. The van der Waals surface area contributed by atoms with E-state index in [0.29, 0.717) is 37.1 Å².